The van der Waals surface area contributed by atoms with Gasteiger partial charge in [-0.2, -0.15) is 0 Å². The van der Waals surface area contributed by atoms with Crippen molar-refractivity contribution in [2.45, 2.75) is 39.5 Å². The van der Waals surface area contributed by atoms with Crippen molar-refractivity contribution in [2.75, 3.05) is 34.3 Å². The lowest BCUT2D eigenvalue weighted by atomic mass is 10.2. The summed E-state index contributed by atoms with van der Waals surface area (Å²) in [6, 6.07) is 0. The van der Waals surface area contributed by atoms with Crippen molar-refractivity contribution >= 4 is 6.16 Å². The highest BCUT2D eigenvalue weighted by Gasteiger charge is 2.03. The molecular formula is C12H27NO3. The second kappa shape index (κ2) is 10.7. The summed E-state index contributed by atoms with van der Waals surface area (Å²) in [5.74, 6) is 0. The zero-order chi connectivity index (χ0) is 13.0. The lowest BCUT2D eigenvalue weighted by Gasteiger charge is -2.23. The molecule has 0 rings (SSSR count). The Kier molecular flexibility index (Phi) is 11.8. The zero-order valence-corrected chi connectivity index (χ0v) is 11.4. The van der Waals surface area contributed by atoms with E-state index in [4.69, 9.17) is 0 Å². The maximum Gasteiger partial charge on any atom is 0.251 e. The Morgan fingerprint density at radius 2 is 1.69 bits per heavy atom. The normalized spacial score (nSPS) is 10.3. The molecule has 0 bridgehead atoms. The van der Waals surface area contributed by atoms with Gasteiger partial charge < -0.3 is 19.1 Å². The first kappa shape index (κ1) is 17.6. The van der Waals surface area contributed by atoms with Gasteiger partial charge in [-0.15, -0.1) is 0 Å². The molecule has 0 heterocycles. The van der Waals surface area contributed by atoms with Crippen molar-refractivity contribution in [3.05, 3.63) is 0 Å². The number of carbonyl (C=O) groups is 1. The molecular weight excluding hydrogens is 206 g/mol. The van der Waals surface area contributed by atoms with E-state index in [2.05, 4.69) is 32.8 Å². The summed E-state index contributed by atoms with van der Waals surface area (Å²) in [4.78, 5) is 9.42. The fraction of sp³-hybridized carbons (Fsp3) is 0.917. The number of unbranched alkanes of at least 4 members (excludes halogenated alkanes) is 2. The largest absolute Gasteiger partial charge is 0.550 e. The Balaban J connectivity index is 0. The quantitative estimate of drug-likeness (QED) is 0.398. The highest BCUT2D eigenvalue weighted by Crippen LogP contribution is 1.98. The molecule has 98 valence electrons. The molecule has 16 heavy (non-hydrogen) atoms. The molecule has 0 saturated carbocycles. The van der Waals surface area contributed by atoms with E-state index in [1.165, 1.54) is 25.8 Å². The summed E-state index contributed by atoms with van der Waals surface area (Å²) in [5, 5.41) is 9.42. The molecule has 0 saturated heterocycles. The monoisotopic (exact) mass is 233 g/mol. The SMILES string of the molecule is CCCCC[N+](C)(C)C.CCCOC(=O)[O-]. The number of ether oxygens (including phenoxy) is 1. The van der Waals surface area contributed by atoms with Crippen molar-refractivity contribution in [3.8, 4) is 0 Å². The van der Waals surface area contributed by atoms with Crippen LogP contribution in [0.5, 0.6) is 0 Å². The maximum absolute atomic E-state index is 9.42. The van der Waals surface area contributed by atoms with Crippen molar-refractivity contribution in [2.24, 2.45) is 0 Å². The van der Waals surface area contributed by atoms with Crippen LogP contribution in [0, 0.1) is 0 Å². The number of nitrogens with zero attached hydrogens (tertiary/aromatic N) is 1. The van der Waals surface area contributed by atoms with Crippen LogP contribution in [0.3, 0.4) is 0 Å². The number of hydrogen-bond donors (Lipinski definition) is 0. The minimum atomic E-state index is -1.44. The molecule has 0 unspecified atom stereocenters. The topological polar surface area (TPSA) is 49.4 Å². The van der Waals surface area contributed by atoms with Gasteiger partial charge in [-0.3, -0.25) is 0 Å². The Labute approximate surface area is 99.8 Å². The van der Waals surface area contributed by atoms with E-state index in [9.17, 15) is 9.90 Å². The van der Waals surface area contributed by atoms with Crippen LogP contribution in [-0.4, -0.2) is 44.9 Å². The lowest BCUT2D eigenvalue weighted by Crippen LogP contribution is -2.35. The zero-order valence-electron chi connectivity index (χ0n) is 11.4. The predicted octanol–water partition coefficient (Wildman–Crippen LogP) is 1.64. The number of hydrogen-bond acceptors (Lipinski definition) is 3. The molecule has 0 aromatic rings. The van der Waals surface area contributed by atoms with E-state index in [1.54, 1.807) is 0 Å². The summed E-state index contributed by atoms with van der Waals surface area (Å²) in [7, 11) is 6.74. The third-order valence-corrected chi connectivity index (χ3v) is 1.86. The minimum absolute atomic E-state index is 0.238. The third kappa shape index (κ3) is 23.2. The molecule has 0 aliphatic rings. The lowest BCUT2D eigenvalue weighted by molar-refractivity contribution is -0.870. The van der Waals surface area contributed by atoms with Gasteiger partial charge in [-0.1, -0.05) is 20.3 Å². The van der Waals surface area contributed by atoms with E-state index < -0.39 is 6.16 Å². The summed E-state index contributed by atoms with van der Waals surface area (Å²) < 4.78 is 5.11. The summed E-state index contributed by atoms with van der Waals surface area (Å²) >= 11 is 0. The Bertz CT molecular complexity index is 164. The standard InChI is InChI=1S/C8H20N.C4H8O3/c1-5-6-7-8-9(2,3)4;1-2-3-7-4(5)6/h5-8H2,1-4H3;2-3H2,1H3,(H,5,6)/q+1;/p-1. The second-order valence-corrected chi connectivity index (χ2v) is 4.82. The number of rotatable bonds is 6. The highest BCUT2D eigenvalue weighted by molar-refractivity contribution is 5.53. The molecule has 0 spiro atoms. The molecule has 0 aromatic carbocycles. The van der Waals surface area contributed by atoms with Crippen LogP contribution >= 0.6 is 0 Å². The van der Waals surface area contributed by atoms with Gasteiger partial charge in [-0.05, 0) is 19.3 Å². The van der Waals surface area contributed by atoms with Gasteiger partial charge in [0.05, 0.1) is 27.7 Å². The van der Waals surface area contributed by atoms with Crippen LogP contribution in [-0.2, 0) is 4.74 Å². The number of carboxylic acid groups (broad SMARTS) is 1. The summed E-state index contributed by atoms with van der Waals surface area (Å²) in [6.45, 7) is 5.62. The number of carbonyl (C=O) groups excluding carboxylic acids is 1. The van der Waals surface area contributed by atoms with Crippen molar-refractivity contribution < 1.29 is 19.1 Å². The Morgan fingerprint density at radius 3 is 1.94 bits per heavy atom. The molecule has 0 aromatic heterocycles. The van der Waals surface area contributed by atoms with Gasteiger partial charge >= 0.3 is 0 Å². The van der Waals surface area contributed by atoms with Crippen molar-refractivity contribution in [1.82, 2.24) is 0 Å². The first-order valence-corrected chi connectivity index (χ1v) is 5.97. The van der Waals surface area contributed by atoms with Crippen molar-refractivity contribution in [3.63, 3.8) is 0 Å². The van der Waals surface area contributed by atoms with Gasteiger partial charge in [0, 0.05) is 6.61 Å². The van der Waals surface area contributed by atoms with Crippen molar-refractivity contribution in [1.29, 1.82) is 0 Å². The molecule has 4 nitrogen and oxygen atoms in total. The third-order valence-electron chi connectivity index (χ3n) is 1.86. The average Bonchev–Trinajstić information content (AvgIpc) is 2.14. The first-order valence-electron chi connectivity index (χ1n) is 5.97. The van der Waals surface area contributed by atoms with Gasteiger partial charge in [0.15, 0.2) is 0 Å². The van der Waals surface area contributed by atoms with Crippen LogP contribution in [0.25, 0.3) is 0 Å². The van der Waals surface area contributed by atoms with Crippen LogP contribution in [0.4, 0.5) is 4.79 Å². The highest BCUT2D eigenvalue weighted by atomic mass is 16.7. The molecule has 0 radical (unpaired) electrons. The summed E-state index contributed by atoms with van der Waals surface area (Å²) in [6.07, 6.45) is 3.35. The van der Waals surface area contributed by atoms with Crippen LogP contribution in [0.15, 0.2) is 0 Å². The molecule has 0 aliphatic carbocycles. The van der Waals surface area contributed by atoms with Crippen LogP contribution in [0.1, 0.15) is 39.5 Å². The Hall–Kier alpha value is -0.770. The smallest absolute Gasteiger partial charge is 0.251 e. The molecule has 0 N–H and O–H groups in total. The van der Waals surface area contributed by atoms with E-state index in [0.29, 0.717) is 6.42 Å². The minimum Gasteiger partial charge on any atom is -0.550 e. The van der Waals surface area contributed by atoms with Crippen LogP contribution in [0.2, 0.25) is 0 Å². The molecule has 0 aliphatic heterocycles. The van der Waals surface area contributed by atoms with Gasteiger partial charge in [-0.25, -0.2) is 0 Å². The maximum atomic E-state index is 9.42. The predicted molar refractivity (Wildman–Crippen MR) is 64.1 cm³/mol. The molecule has 0 atom stereocenters. The number of quaternary nitrogens is 1. The fourth-order valence-corrected chi connectivity index (χ4v) is 1.02. The van der Waals surface area contributed by atoms with E-state index >= 15 is 0 Å². The first-order chi connectivity index (χ1) is 7.33. The fourth-order valence-electron chi connectivity index (χ4n) is 1.02. The van der Waals surface area contributed by atoms with Gasteiger partial charge in [0.1, 0.15) is 0 Å². The second-order valence-electron chi connectivity index (χ2n) is 4.82. The van der Waals surface area contributed by atoms with E-state index in [0.717, 1.165) is 4.48 Å². The summed E-state index contributed by atoms with van der Waals surface area (Å²) in [5.41, 5.74) is 0. The van der Waals surface area contributed by atoms with E-state index in [-0.39, 0.29) is 6.61 Å². The van der Waals surface area contributed by atoms with Gasteiger partial charge in [0.2, 0.25) is 0 Å². The van der Waals surface area contributed by atoms with E-state index in [1.807, 2.05) is 6.92 Å². The Morgan fingerprint density at radius 1 is 1.12 bits per heavy atom. The van der Waals surface area contributed by atoms with Gasteiger partial charge in [0.25, 0.3) is 6.16 Å². The molecule has 0 amide bonds. The average molecular weight is 233 g/mol. The van der Waals surface area contributed by atoms with Crippen LogP contribution < -0.4 is 5.11 Å². The molecule has 0 fully saturated rings. The molecule has 4 heteroatoms.